The first-order valence-electron chi connectivity index (χ1n) is 6.93. The van der Waals surface area contributed by atoms with Gasteiger partial charge in [0.2, 0.25) is 0 Å². The van der Waals surface area contributed by atoms with Gasteiger partial charge in [0.1, 0.15) is 6.17 Å². The summed E-state index contributed by atoms with van der Waals surface area (Å²) in [7, 11) is 0. The van der Waals surface area contributed by atoms with E-state index in [1.807, 2.05) is 6.07 Å². The molecule has 1 aliphatic rings. The quantitative estimate of drug-likeness (QED) is 0.587. The molecule has 1 aromatic rings. The van der Waals surface area contributed by atoms with Crippen LogP contribution < -0.4 is 0 Å². The molecule has 1 fully saturated rings. The standard InChI is InChI=1S/C9H12.C7H14FN.3CH4.Y/c1-8(2)9-6-4-3-5-7-9;1-6(2)9-4-3-7(8)5-9;;;;/h3-8H,1-2H3;6-7H,3-5H2,1-2H3;3*1H4;. The molecule has 0 aromatic heterocycles. The van der Waals surface area contributed by atoms with Crippen molar-refractivity contribution in [2.75, 3.05) is 13.1 Å². The third kappa shape index (κ3) is 11.7. The van der Waals surface area contributed by atoms with E-state index >= 15 is 0 Å². The maximum absolute atomic E-state index is 12.5. The van der Waals surface area contributed by atoms with Crippen LogP contribution in [0.2, 0.25) is 0 Å². The second kappa shape index (κ2) is 16.1. The van der Waals surface area contributed by atoms with E-state index in [0.717, 1.165) is 13.0 Å². The molecule has 22 heavy (non-hydrogen) atoms. The van der Waals surface area contributed by atoms with E-state index in [9.17, 15) is 4.39 Å². The van der Waals surface area contributed by atoms with Gasteiger partial charge in [0, 0.05) is 51.8 Å². The number of hydrogen-bond donors (Lipinski definition) is 0. The fourth-order valence-electron chi connectivity index (χ4n) is 2.05. The van der Waals surface area contributed by atoms with Crippen LogP contribution in [0.4, 0.5) is 4.39 Å². The van der Waals surface area contributed by atoms with Crippen LogP contribution >= 0.6 is 0 Å². The third-order valence-electron chi connectivity index (χ3n) is 3.36. The van der Waals surface area contributed by atoms with Crippen LogP contribution in [-0.2, 0) is 32.7 Å². The number of likely N-dealkylation sites (tertiary alicyclic amines) is 1. The van der Waals surface area contributed by atoms with Crippen molar-refractivity contribution in [1.29, 1.82) is 0 Å². The Balaban J connectivity index is -0.000000125. The summed E-state index contributed by atoms with van der Waals surface area (Å²) in [4.78, 5) is 2.17. The Morgan fingerprint density at radius 1 is 1.00 bits per heavy atom. The van der Waals surface area contributed by atoms with Crippen LogP contribution in [0, 0.1) is 0 Å². The zero-order chi connectivity index (χ0) is 13.5. The van der Waals surface area contributed by atoms with Crippen molar-refractivity contribution in [1.82, 2.24) is 4.90 Å². The van der Waals surface area contributed by atoms with Gasteiger partial charge in [-0.15, -0.1) is 0 Å². The van der Waals surface area contributed by atoms with Gasteiger partial charge in [0.25, 0.3) is 0 Å². The van der Waals surface area contributed by atoms with Crippen molar-refractivity contribution in [3.63, 3.8) is 0 Å². The maximum Gasteiger partial charge on any atom is 0.114 e. The largest absolute Gasteiger partial charge is 0.298 e. The first-order valence-corrected chi connectivity index (χ1v) is 6.93. The van der Waals surface area contributed by atoms with Crippen LogP contribution in [0.25, 0.3) is 0 Å². The fourth-order valence-corrected chi connectivity index (χ4v) is 2.05. The van der Waals surface area contributed by atoms with E-state index in [-0.39, 0.29) is 55.0 Å². The van der Waals surface area contributed by atoms with Gasteiger partial charge < -0.3 is 0 Å². The average Bonchev–Trinajstić information content (AvgIpc) is 2.78. The normalized spacial score (nSPS) is 16.4. The minimum atomic E-state index is -0.563. The summed E-state index contributed by atoms with van der Waals surface area (Å²) in [5.74, 6) is 0.659. The van der Waals surface area contributed by atoms with Gasteiger partial charge in [-0.05, 0) is 31.7 Å². The molecule has 0 aliphatic carbocycles. The fraction of sp³-hybridized carbons (Fsp3) is 0.684. The van der Waals surface area contributed by atoms with Gasteiger partial charge in [-0.25, -0.2) is 4.39 Å². The zero-order valence-corrected chi connectivity index (χ0v) is 15.5. The minimum absolute atomic E-state index is 0. The summed E-state index contributed by atoms with van der Waals surface area (Å²) < 4.78 is 12.5. The Morgan fingerprint density at radius 3 is 1.73 bits per heavy atom. The van der Waals surface area contributed by atoms with E-state index in [2.05, 4.69) is 56.9 Å². The Kier molecular flexibility index (Phi) is 22.0. The molecule has 0 saturated carbocycles. The molecule has 1 radical (unpaired) electrons. The van der Waals surface area contributed by atoms with E-state index in [4.69, 9.17) is 0 Å². The molecule has 1 aromatic carbocycles. The van der Waals surface area contributed by atoms with Crippen molar-refractivity contribution in [2.45, 2.75) is 74.5 Å². The maximum atomic E-state index is 12.5. The molecule has 1 aliphatic heterocycles. The van der Waals surface area contributed by atoms with Crippen LogP contribution in [-0.4, -0.2) is 30.2 Å². The van der Waals surface area contributed by atoms with Gasteiger partial charge in [-0.1, -0.05) is 66.5 Å². The van der Waals surface area contributed by atoms with Crippen molar-refractivity contribution >= 4 is 0 Å². The van der Waals surface area contributed by atoms with E-state index in [1.54, 1.807) is 0 Å². The molecule has 0 N–H and O–H groups in total. The SMILES string of the molecule is C.C.C.CC(C)N1CCC(F)C1.CC(C)c1ccccc1.[Y]. The smallest absolute Gasteiger partial charge is 0.114 e. The average molecular weight is 388 g/mol. The molecule has 1 saturated heterocycles. The topological polar surface area (TPSA) is 3.24 Å². The zero-order valence-electron chi connectivity index (χ0n) is 12.6. The van der Waals surface area contributed by atoms with Gasteiger partial charge >= 0.3 is 0 Å². The molecule has 0 spiro atoms. The molecule has 129 valence electrons. The van der Waals surface area contributed by atoms with Crippen molar-refractivity contribution < 1.29 is 37.1 Å². The van der Waals surface area contributed by atoms with Crippen LogP contribution in [0.1, 0.15) is 67.9 Å². The van der Waals surface area contributed by atoms with Crippen molar-refractivity contribution in [3.05, 3.63) is 35.9 Å². The first-order chi connectivity index (χ1) is 8.50. The first kappa shape index (κ1) is 30.1. The summed E-state index contributed by atoms with van der Waals surface area (Å²) in [5, 5.41) is 0. The van der Waals surface area contributed by atoms with Gasteiger partial charge in [-0.3, -0.25) is 4.90 Å². The van der Waals surface area contributed by atoms with Crippen LogP contribution in [0.3, 0.4) is 0 Å². The molecular weight excluding hydrogens is 350 g/mol. The number of benzene rings is 1. The number of hydrogen-bond acceptors (Lipinski definition) is 1. The van der Waals surface area contributed by atoms with E-state index < -0.39 is 6.17 Å². The number of halogens is 1. The molecule has 0 bridgehead atoms. The predicted molar refractivity (Wildman–Crippen MR) is 96.9 cm³/mol. The van der Waals surface area contributed by atoms with Crippen LogP contribution in [0.15, 0.2) is 30.3 Å². The minimum Gasteiger partial charge on any atom is -0.298 e. The second-order valence-electron chi connectivity index (χ2n) is 5.54. The Hall–Kier alpha value is 0.214. The molecule has 1 heterocycles. The molecule has 3 heteroatoms. The summed E-state index contributed by atoms with van der Waals surface area (Å²) in [6.45, 7) is 10.2. The summed E-state index contributed by atoms with van der Waals surface area (Å²) >= 11 is 0. The van der Waals surface area contributed by atoms with Crippen LogP contribution in [0.5, 0.6) is 0 Å². The summed E-state index contributed by atoms with van der Waals surface area (Å²) in [6.07, 6.45) is 0.172. The molecule has 1 nitrogen and oxygen atoms in total. The van der Waals surface area contributed by atoms with Gasteiger partial charge in [-0.2, -0.15) is 0 Å². The summed E-state index contributed by atoms with van der Waals surface area (Å²) in [6, 6.07) is 11.0. The Morgan fingerprint density at radius 2 is 1.50 bits per heavy atom. The molecule has 1 atom stereocenters. The van der Waals surface area contributed by atoms with E-state index in [0.29, 0.717) is 18.5 Å². The predicted octanol–water partition coefficient (Wildman–Crippen LogP) is 6.15. The second-order valence-corrected chi connectivity index (χ2v) is 5.54. The molecule has 1 unspecified atom stereocenters. The van der Waals surface area contributed by atoms with Crippen molar-refractivity contribution in [2.24, 2.45) is 0 Å². The van der Waals surface area contributed by atoms with Crippen molar-refractivity contribution in [3.8, 4) is 0 Å². The van der Waals surface area contributed by atoms with Gasteiger partial charge in [0.05, 0.1) is 0 Å². The Labute approximate surface area is 165 Å². The number of alkyl halides is 1. The molecule has 0 amide bonds. The monoisotopic (exact) mass is 388 g/mol. The van der Waals surface area contributed by atoms with E-state index in [1.165, 1.54) is 5.56 Å². The van der Waals surface area contributed by atoms with Gasteiger partial charge in [0.15, 0.2) is 0 Å². The summed E-state index contributed by atoms with van der Waals surface area (Å²) in [5.41, 5.74) is 1.41. The third-order valence-corrected chi connectivity index (χ3v) is 3.36. The molecule has 2 rings (SSSR count). The Bertz CT molecular complexity index is 327. The number of nitrogens with zero attached hydrogens (tertiary/aromatic N) is 1. The molecular formula is C19H38FNY. The number of rotatable bonds is 2.